The number of ether oxygens (including phenoxy) is 1. The van der Waals surface area contributed by atoms with E-state index in [1.54, 1.807) is 7.11 Å². The van der Waals surface area contributed by atoms with E-state index in [2.05, 4.69) is 6.92 Å². The number of methoxy groups -OCH3 is 1. The minimum atomic E-state index is 0.602. The fourth-order valence-corrected chi connectivity index (χ4v) is 0.616. The van der Waals surface area contributed by atoms with Gasteiger partial charge in [-0.2, -0.15) is 0 Å². The van der Waals surface area contributed by atoms with Crippen LogP contribution in [0, 0.1) is 5.92 Å². The van der Waals surface area contributed by atoms with Crippen LogP contribution in [-0.4, -0.2) is 13.2 Å². The second-order valence-corrected chi connectivity index (χ2v) is 1.99. The van der Waals surface area contributed by atoms with E-state index in [-0.39, 0.29) is 0 Å². The van der Waals surface area contributed by atoms with Gasteiger partial charge in [0.2, 0.25) is 0 Å². The molecule has 36 valence electrons. The largest absolute Gasteiger partial charge is 0.381 e. The van der Waals surface area contributed by atoms with Crippen LogP contribution in [0.4, 0.5) is 0 Å². The minimum Gasteiger partial charge on any atom is -0.381 e. The predicted molar refractivity (Wildman–Crippen MR) is 24.6 cm³/mol. The van der Waals surface area contributed by atoms with Crippen molar-refractivity contribution in [3.05, 3.63) is 0 Å². The van der Waals surface area contributed by atoms with Crippen LogP contribution in [0.2, 0.25) is 0 Å². The lowest BCUT2D eigenvalue weighted by Gasteiger charge is -1.84. The fourth-order valence-electron chi connectivity index (χ4n) is 0.616. The molecule has 1 fully saturated rings. The monoisotopic (exact) mass is 86.1 g/mol. The Kier molecular flexibility index (Phi) is 0.845. The predicted octanol–water partition coefficient (Wildman–Crippen LogP) is 1.04. The zero-order valence-electron chi connectivity index (χ0n) is 4.27. The first kappa shape index (κ1) is 4.13. The first-order valence-corrected chi connectivity index (χ1v) is 2.37. The molecule has 1 aliphatic carbocycles. The molecule has 1 rings (SSSR count). The smallest absolute Gasteiger partial charge is 0.0601 e. The van der Waals surface area contributed by atoms with E-state index in [9.17, 15) is 0 Å². The summed E-state index contributed by atoms with van der Waals surface area (Å²) in [4.78, 5) is 0. The highest BCUT2D eigenvalue weighted by molar-refractivity contribution is 4.82. The van der Waals surface area contributed by atoms with Gasteiger partial charge in [0.1, 0.15) is 0 Å². The Morgan fingerprint density at radius 3 is 2.17 bits per heavy atom. The molecule has 2 atom stereocenters. The van der Waals surface area contributed by atoms with Gasteiger partial charge in [-0.25, -0.2) is 0 Å². The van der Waals surface area contributed by atoms with Crippen molar-refractivity contribution in [2.24, 2.45) is 5.92 Å². The van der Waals surface area contributed by atoms with Crippen LogP contribution in [0.1, 0.15) is 13.3 Å². The number of hydrogen-bond acceptors (Lipinski definition) is 1. The molecule has 1 nitrogen and oxygen atoms in total. The van der Waals surface area contributed by atoms with Crippen LogP contribution in [0.5, 0.6) is 0 Å². The zero-order valence-corrected chi connectivity index (χ0v) is 4.27. The quantitative estimate of drug-likeness (QED) is 0.463. The highest BCUT2D eigenvalue weighted by atomic mass is 16.5. The van der Waals surface area contributed by atoms with Crippen LogP contribution in [0.15, 0.2) is 0 Å². The Balaban J connectivity index is 2.09. The summed E-state index contributed by atoms with van der Waals surface area (Å²) in [5.74, 6) is 0.843. The molecule has 0 aromatic rings. The molecule has 0 heterocycles. The lowest BCUT2D eigenvalue weighted by molar-refractivity contribution is 0.172. The normalized spacial score (nSPS) is 43.0. The van der Waals surface area contributed by atoms with Gasteiger partial charge in [-0.3, -0.25) is 0 Å². The van der Waals surface area contributed by atoms with Gasteiger partial charge in [-0.15, -0.1) is 0 Å². The zero-order chi connectivity index (χ0) is 4.57. The van der Waals surface area contributed by atoms with Crippen molar-refractivity contribution in [1.29, 1.82) is 0 Å². The molecule has 6 heavy (non-hydrogen) atoms. The topological polar surface area (TPSA) is 9.23 Å². The average Bonchev–Trinajstić information content (AvgIpc) is 2.19. The standard InChI is InChI=1S/C5H10O/c1-4-3-5(4)6-2/h4-5H,3H2,1-2H3/t4-,5+/m0/s1. The van der Waals surface area contributed by atoms with Gasteiger partial charge in [0, 0.05) is 7.11 Å². The maximum Gasteiger partial charge on any atom is 0.0601 e. The Bertz CT molecular complexity index is 49.9. The van der Waals surface area contributed by atoms with Crippen LogP contribution in [-0.2, 0) is 4.74 Å². The van der Waals surface area contributed by atoms with Crippen molar-refractivity contribution in [2.45, 2.75) is 19.4 Å². The Morgan fingerprint density at radius 1 is 1.67 bits per heavy atom. The van der Waals surface area contributed by atoms with Gasteiger partial charge in [0.05, 0.1) is 6.10 Å². The average molecular weight is 86.1 g/mol. The molecule has 0 aromatic carbocycles. The highest BCUT2D eigenvalue weighted by Gasteiger charge is 2.31. The molecule has 0 unspecified atom stereocenters. The summed E-state index contributed by atoms with van der Waals surface area (Å²) < 4.78 is 4.97. The third-order valence-electron chi connectivity index (χ3n) is 1.34. The maximum atomic E-state index is 4.97. The summed E-state index contributed by atoms with van der Waals surface area (Å²) >= 11 is 0. The highest BCUT2D eigenvalue weighted by Crippen LogP contribution is 2.31. The van der Waals surface area contributed by atoms with E-state index in [1.807, 2.05) is 0 Å². The van der Waals surface area contributed by atoms with Gasteiger partial charge in [-0.1, -0.05) is 6.92 Å². The lowest BCUT2D eigenvalue weighted by Crippen LogP contribution is -1.85. The number of rotatable bonds is 1. The molecule has 1 aliphatic rings. The molecular weight excluding hydrogens is 76.1 g/mol. The van der Waals surface area contributed by atoms with E-state index < -0.39 is 0 Å². The van der Waals surface area contributed by atoms with E-state index in [1.165, 1.54) is 6.42 Å². The molecule has 1 heteroatoms. The van der Waals surface area contributed by atoms with Crippen molar-refractivity contribution < 1.29 is 4.74 Å². The fraction of sp³-hybridized carbons (Fsp3) is 1.00. The van der Waals surface area contributed by atoms with Gasteiger partial charge >= 0.3 is 0 Å². The van der Waals surface area contributed by atoms with Crippen LogP contribution < -0.4 is 0 Å². The minimum absolute atomic E-state index is 0.602. The lowest BCUT2D eigenvalue weighted by atomic mass is 10.5. The Labute approximate surface area is 38.3 Å². The Morgan fingerprint density at radius 2 is 2.17 bits per heavy atom. The van der Waals surface area contributed by atoms with Crippen LogP contribution in [0.25, 0.3) is 0 Å². The molecule has 0 spiro atoms. The number of hydrogen-bond donors (Lipinski definition) is 0. The SMILES string of the molecule is CO[C@@H]1C[C@@H]1C. The molecule has 1 saturated carbocycles. The molecule has 0 N–H and O–H groups in total. The van der Waals surface area contributed by atoms with Crippen LogP contribution >= 0.6 is 0 Å². The molecule has 0 bridgehead atoms. The summed E-state index contributed by atoms with van der Waals surface area (Å²) in [6, 6.07) is 0. The van der Waals surface area contributed by atoms with Crippen molar-refractivity contribution in [3.63, 3.8) is 0 Å². The third-order valence-corrected chi connectivity index (χ3v) is 1.34. The van der Waals surface area contributed by atoms with Gasteiger partial charge < -0.3 is 4.74 Å². The first-order chi connectivity index (χ1) is 2.84. The first-order valence-electron chi connectivity index (χ1n) is 2.37. The summed E-state index contributed by atoms with van der Waals surface area (Å²) in [7, 11) is 1.77. The molecule has 0 aliphatic heterocycles. The summed E-state index contributed by atoms with van der Waals surface area (Å²) in [6.07, 6.45) is 1.88. The molecular formula is C5H10O. The maximum absolute atomic E-state index is 4.97. The van der Waals surface area contributed by atoms with E-state index in [0.717, 1.165) is 5.92 Å². The Hall–Kier alpha value is -0.0400. The van der Waals surface area contributed by atoms with Crippen molar-refractivity contribution in [2.75, 3.05) is 7.11 Å². The van der Waals surface area contributed by atoms with Gasteiger partial charge in [-0.05, 0) is 12.3 Å². The van der Waals surface area contributed by atoms with Crippen molar-refractivity contribution >= 4 is 0 Å². The third kappa shape index (κ3) is 0.548. The molecule has 0 amide bonds. The van der Waals surface area contributed by atoms with Gasteiger partial charge in [0.25, 0.3) is 0 Å². The van der Waals surface area contributed by atoms with Crippen LogP contribution in [0.3, 0.4) is 0 Å². The molecule has 0 radical (unpaired) electrons. The van der Waals surface area contributed by atoms with Crippen molar-refractivity contribution in [3.8, 4) is 0 Å². The summed E-state index contributed by atoms with van der Waals surface area (Å²) in [5, 5.41) is 0. The molecule has 0 saturated heterocycles. The van der Waals surface area contributed by atoms with E-state index in [4.69, 9.17) is 4.74 Å². The summed E-state index contributed by atoms with van der Waals surface area (Å²) in [6.45, 7) is 2.20. The molecule has 0 aromatic heterocycles. The second kappa shape index (κ2) is 1.23. The van der Waals surface area contributed by atoms with E-state index >= 15 is 0 Å². The summed E-state index contributed by atoms with van der Waals surface area (Å²) in [5.41, 5.74) is 0. The van der Waals surface area contributed by atoms with Gasteiger partial charge in [0.15, 0.2) is 0 Å². The van der Waals surface area contributed by atoms with E-state index in [0.29, 0.717) is 6.10 Å². The van der Waals surface area contributed by atoms with Crippen molar-refractivity contribution in [1.82, 2.24) is 0 Å². The second-order valence-electron chi connectivity index (χ2n) is 1.99.